The predicted octanol–water partition coefficient (Wildman–Crippen LogP) is 2.55. The molecule has 0 saturated heterocycles. The zero-order valence-corrected chi connectivity index (χ0v) is 13.4. The molecule has 0 amide bonds. The van der Waals surface area contributed by atoms with Crippen LogP contribution in [-0.4, -0.2) is 28.8 Å². The van der Waals surface area contributed by atoms with Gasteiger partial charge in [0, 0.05) is 6.26 Å². The molecule has 112 valence electrons. The van der Waals surface area contributed by atoms with E-state index in [0.717, 1.165) is 17.4 Å². The molecule has 2 aromatic rings. The van der Waals surface area contributed by atoms with E-state index in [9.17, 15) is 16.8 Å². The molecular weight excluding hydrogens is 308 g/mol. The van der Waals surface area contributed by atoms with E-state index in [-0.39, 0.29) is 10.6 Å². The first-order valence-electron chi connectivity index (χ1n) is 6.37. The number of hydrogen-bond acceptors (Lipinski definition) is 4. The second-order valence-electron chi connectivity index (χ2n) is 4.72. The Morgan fingerprint density at radius 1 is 0.714 bits per heavy atom. The monoisotopic (exact) mass is 324 g/mol. The van der Waals surface area contributed by atoms with Crippen molar-refractivity contribution in [3.05, 3.63) is 48.5 Å². The van der Waals surface area contributed by atoms with Gasteiger partial charge in [-0.05, 0) is 35.4 Å². The van der Waals surface area contributed by atoms with Gasteiger partial charge in [-0.1, -0.05) is 31.2 Å². The van der Waals surface area contributed by atoms with Crippen molar-refractivity contribution in [2.45, 2.75) is 16.7 Å². The minimum Gasteiger partial charge on any atom is -0.224 e. The van der Waals surface area contributed by atoms with Crippen molar-refractivity contribution in [1.29, 1.82) is 0 Å². The summed E-state index contributed by atoms with van der Waals surface area (Å²) in [5.41, 5.74) is 1.67. The average molecular weight is 324 g/mol. The fourth-order valence-electron chi connectivity index (χ4n) is 1.92. The smallest absolute Gasteiger partial charge is 0.178 e. The van der Waals surface area contributed by atoms with Crippen LogP contribution in [-0.2, 0) is 19.7 Å². The molecule has 4 nitrogen and oxygen atoms in total. The standard InChI is InChI=1S/C15H16O4S2/c1-3-21(18,19)15-10-6-13(7-11-15)12-4-8-14(9-5-12)20(2,16)17/h4-11H,3H2,1-2H3. The van der Waals surface area contributed by atoms with E-state index in [0.29, 0.717) is 4.90 Å². The van der Waals surface area contributed by atoms with Crippen LogP contribution in [0.15, 0.2) is 58.3 Å². The SMILES string of the molecule is CCS(=O)(=O)c1ccc(-c2ccc(S(C)(=O)=O)cc2)cc1. The third-order valence-electron chi connectivity index (χ3n) is 3.21. The Hall–Kier alpha value is -1.66. The molecule has 0 aromatic heterocycles. The highest BCUT2D eigenvalue weighted by Gasteiger charge is 2.11. The highest BCUT2D eigenvalue weighted by Crippen LogP contribution is 2.23. The number of hydrogen-bond donors (Lipinski definition) is 0. The molecule has 0 aliphatic rings. The second kappa shape index (κ2) is 5.61. The molecule has 0 heterocycles. The first-order valence-corrected chi connectivity index (χ1v) is 9.92. The Morgan fingerprint density at radius 2 is 1.10 bits per heavy atom. The largest absolute Gasteiger partial charge is 0.224 e. The third-order valence-corrected chi connectivity index (χ3v) is 6.09. The Morgan fingerprint density at radius 3 is 1.43 bits per heavy atom. The average Bonchev–Trinajstić information content (AvgIpc) is 2.47. The first-order chi connectivity index (χ1) is 9.74. The van der Waals surface area contributed by atoms with E-state index in [2.05, 4.69) is 0 Å². The van der Waals surface area contributed by atoms with Crippen molar-refractivity contribution >= 4 is 19.7 Å². The fourth-order valence-corrected chi connectivity index (χ4v) is 3.43. The quantitative estimate of drug-likeness (QED) is 0.867. The highest BCUT2D eigenvalue weighted by molar-refractivity contribution is 7.91. The minimum atomic E-state index is -3.21. The molecule has 0 bridgehead atoms. The highest BCUT2D eigenvalue weighted by atomic mass is 32.2. The maximum atomic E-state index is 11.7. The summed E-state index contributed by atoms with van der Waals surface area (Å²) in [5, 5.41) is 0. The van der Waals surface area contributed by atoms with Crippen LogP contribution in [0.5, 0.6) is 0 Å². The summed E-state index contributed by atoms with van der Waals surface area (Å²) in [6.45, 7) is 1.60. The molecule has 0 atom stereocenters. The molecule has 0 aliphatic heterocycles. The molecule has 0 saturated carbocycles. The summed E-state index contributed by atoms with van der Waals surface area (Å²) >= 11 is 0. The van der Waals surface area contributed by atoms with Crippen LogP contribution in [0.25, 0.3) is 11.1 Å². The molecular formula is C15H16O4S2. The van der Waals surface area contributed by atoms with Crippen molar-refractivity contribution in [2.75, 3.05) is 12.0 Å². The van der Waals surface area contributed by atoms with Crippen LogP contribution in [0, 0.1) is 0 Å². The van der Waals surface area contributed by atoms with Crippen molar-refractivity contribution in [2.24, 2.45) is 0 Å². The predicted molar refractivity (Wildman–Crippen MR) is 82.7 cm³/mol. The van der Waals surface area contributed by atoms with Crippen LogP contribution < -0.4 is 0 Å². The van der Waals surface area contributed by atoms with Gasteiger partial charge in [-0.3, -0.25) is 0 Å². The van der Waals surface area contributed by atoms with E-state index < -0.39 is 19.7 Å². The lowest BCUT2D eigenvalue weighted by atomic mass is 10.1. The van der Waals surface area contributed by atoms with Crippen molar-refractivity contribution < 1.29 is 16.8 Å². The molecule has 0 N–H and O–H groups in total. The van der Waals surface area contributed by atoms with Gasteiger partial charge >= 0.3 is 0 Å². The molecule has 2 rings (SSSR count). The minimum absolute atomic E-state index is 0.0649. The van der Waals surface area contributed by atoms with Gasteiger partial charge in [0.25, 0.3) is 0 Å². The molecule has 21 heavy (non-hydrogen) atoms. The van der Waals surface area contributed by atoms with Crippen LogP contribution in [0.1, 0.15) is 6.92 Å². The van der Waals surface area contributed by atoms with Crippen LogP contribution in [0.4, 0.5) is 0 Å². The van der Waals surface area contributed by atoms with Crippen molar-refractivity contribution in [3.8, 4) is 11.1 Å². The van der Waals surface area contributed by atoms with Gasteiger partial charge in [-0.15, -0.1) is 0 Å². The summed E-state index contributed by atoms with van der Waals surface area (Å²) in [6.07, 6.45) is 1.16. The van der Waals surface area contributed by atoms with Crippen LogP contribution >= 0.6 is 0 Å². The second-order valence-corrected chi connectivity index (χ2v) is 9.02. The summed E-state index contributed by atoms with van der Waals surface area (Å²) in [7, 11) is -6.41. The summed E-state index contributed by atoms with van der Waals surface area (Å²) < 4.78 is 46.3. The lowest BCUT2D eigenvalue weighted by Gasteiger charge is -2.05. The van der Waals surface area contributed by atoms with Gasteiger partial charge in [-0.2, -0.15) is 0 Å². The fraction of sp³-hybridized carbons (Fsp3) is 0.200. The summed E-state index contributed by atoms with van der Waals surface area (Å²) in [4.78, 5) is 0.554. The van der Waals surface area contributed by atoms with E-state index >= 15 is 0 Å². The zero-order chi connectivity index (χ0) is 15.7. The van der Waals surface area contributed by atoms with E-state index in [4.69, 9.17) is 0 Å². The lowest BCUT2D eigenvalue weighted by Crippen LogP contribution is -2.03. The maximum Gasteiger partial charge on any atom is 0.178 e. The van der Waals surface area contributed by atoms with Gasteiger partial charge in [0.2, 0.25) is 0 Å². The number of benzene rings is 2. The van der Waals surface area contributed by atoms with Gasteiger partial charge in [-0.25, -0.2) is 16.8 Å². The number of sulfone groups is 2. The van der Waals surface area contributed by atoms with Crippen molar-refractivity contribution in [3.63, 3.8) is 0 Å². The molecule has 0 unspecified atom stereocenters. The molecule has 0 fully saturated rings. The summed E-state index contributed by atoms with van der Waals surface area (Å²) in [6, 6.07) is 13.1. The van der Waals surface area contributed by atoms with E-state index in [1.807, 2.05) is 0 Å². The topological polar surface area (TPSA) is 68.3 Å². The van der Waals surface area contributed by atoms with Crippen LogP contribution in [0.2, 0.25) is 0 Å². The molecule has 0 aliphatic carbocycles. The molecule has 0 spiro atoms. The third kappa shape index (κ3) is 3.51. The Balaban J connectivity index is 2.36. The Labute approximate surface area is 125 Å². The maximum absolute atomic E-state index is 11.7. The molecule has 2 aromatic carbocycles. The normalized spacial score (nSPS) is 12.3. The summed E-state index contributed by atoms with van der Waals surface area (Å²) in [5.74, 6) is 0.0649. The van der Waals surface area contributed by atoms with Gasteiger partial charge in [0.05, 0.1) is 15.5 Å². The molecule has 6 heteroatoms. The van der Waals surface area contributed by atoms with Gasteiger partial charge in [0.1, 0.15) is 0 Å². The number of rotatable bonds is 4. The Bertz CT molecular complexity index is 832. The van der Waals surface area contributed by atoms with Gasteiger partial charge < -0.3 is 0 Å². The van der Waals surface area contributed by atoms with Crippen molar-refractivity contribution in [1.82, 2.24) is 0 Å². The first kappa shape index (κ1) is 15.7. The zero-order valence-electron chi connectivity index (χ0n) is 11.8. The lowest BCUT2D eigenvalue weighted by molar-refractivity contribution is 0.596. The van der Waals surface area contributed by atoms with Gasteiger partial charge in [0.15, 0.2) is 19.7 Å². The molecule has 0 radical (unpaired) electrons. The van der Waals surface area contributed by atoms with Crippen LogP contribution in [0.3, 0.4) is 0 Å². The van der Waals surface area contributed by atoms with E-state index in [1.165, 1.54) is 0 Å². The van der Waals surface area contributed by atoms with E-state index in [1.54, 1.807) is 55.5 Å². The Kier molecular flexibility index (Phi) is 4.20.